The molecule has 0 spiro atoms. The van der Waals surface area contributed by atoms with Crippen molar-refractivity contribution in [1.29, 1.82) is 0 Å². The van der Waals surface area contributed by atoms with Gasteiger partial charge in [0.2, 0.25) is 0 Å². The van der Waals surface area contributed by atoms with E-state index in [0.29, 0.717) is 15.9 Å². The zero-order valence-corrected chi connectivity index (χ0v) is 14.0. The number of nitrogens with zero attached hydrogens (tertiary/aromatic N) is 3. The Labute approximate surface area is 141 Å². The minimum absolute atomic E-state index is 0.141. The fraction of sp³-hybridized carbons (Fsp3) is 0.111. The largest absolute Gasteiger partial charge is 0.377 e. The molecule has 0 aliphatic carbocycles. The molecule has 0 radical (unpaired) electrons. The van der Waals surface area contributed by atoms with E-state index < -0.39 is 0 Å². The van der Waals surface area contributed by atoms with Gasteiger partial charge in [-0.1, -0.05) is 6.07 Å². The SMILES string of the molecule is CN(C)c1cccc2sc3c(=O)n(-c4ccc(F)cc4)cnc3c12. The van der Waals surface area contributed by atoms with E-state index in [1.807, 2.05) is 37.2 Å². The van der Waals surface area contributed by atoms with Crippen molar-refractivity contribution in [1.82, 2.24) is 9.55 Å². The summed E-state index contributed by atoms with van der Waals surface area (Å²) in [5.74, 6) is -0.335. The lowest BCUT2D eigenvalue weighted by atomic mass is 10.2. The molecule has 120 valence electrons. The highest BCUT2D eigenvalue weighted by Crippen LogP contribution is 2.36. The Morgan fingerprint density at radius 1 is 1.12 bits per heavy atom. The third kappa shape index (κ3) is 2.18. The monoisotopic (exact) mass is 339 g/mol. The van der Waals surface area contributed by atoms with Gasteiger partial charge in [-0.05, 0) is 36.4 Å². The van der Waals surface area contributed by atoms with E-state index in [-0.39, 0.29) is 11.4 Å². The van der Waals surface area contributed by atoms with Gasteiger partial charge in [-0.2, -0.15) is 0 Å². The Morgan fingerprint density at radius 2 is 1.88 bits per heavy atom. The van der Waals surface area contributed by atoms with E-state index in [9.17, 15) is 9.18 Å². The minimum Gasteiger partial charge on any atom is -0.377 e. The Bertz CT molecular complexity index is 1110. The van der Waals surface area contributed by atoms with E-state index >= 15 is 0 Å². The van der Waals surface area contributed by atoms with Gasteiger partial charge in [-0.25, -0.2) is 9.37 Å². The number of hydrogen-bond acceptors (Lipinski definition) is 4. The lowest BCUT2D eigenvalue weighted by molar-refractivity contribution is 0.627. The maximum Gasteiger partial charge on any atom is 0.275 e. The molecule has 2 aromatic carbocycles. The summed E-state index contributed by atoms with van der Waals surface area (Å²) in [4.78, 5) is 19.4. The van der Waals surface area contributed by atoms with Crippen LogP contribution in [0.4, 0.5) is 10.1 Å². The van der Waals surface area contributed by atoms with Gasteiger partial charge in [0.25, 0.3) is 5.56 Å². The van der Waals surface area contributed by atoms with Crippen molar-refractivity contribution in [3.05, 3.63) is 65.0 Å². The Balaban J connectivity index is 2.04. The molecule has 0 unspecified atom stereocenters. The van der Waals surface area contributed by atoms with Crippen molar-refractivity contribution in [2.75, 3.05) is 19.0 Å². The van der Waals surface area contributed by atoms with E-state index in [4.69, 9.17) is 0 Å². The first-order valence-electron chi connectivity index (χ1n) is 7.42. The fourth-order valence-corrected chi connectivity index (χ4v) is 3.93. The molecule has 0 saturated carbocycles. The van der Waals surface area contributed by atoms with E-state index in [1.54, 1.807) is 12.1 Å². The fourth-order valence-electron chi connectivity index (χ4n) is 2.82. The second-order valence-corrected chi connectivity index (χ2v) is 6.77. The third-order valence-corrected chi connectivity index (χ3v) is 5.10. The predicted molar refractivity (Wildman–Crippen MR) is 97.0 cm³/mol. The smallest absolute Gasteiger partial charge is 0.275 e. The molecule has 0 saturated heterocycles. The first-order chi connectivity index (χ1) is 11.6. The zero-order valence-electron chi connectivity index (χ0n) is 13.2. The van der Waals surface area contributed by atoms with E-state index in [1.165, 1.54) is 34.4 Å². The number of halogens is 1. The summed E-state index contributed by atoms with van der Waals surface area (Å²) in [5.41, 5.74) is 2.20. The van der Waals surface area contributed by atoms with Gasteiger partial charge in [-0.3, -0.25) is 9.36 Å². The Hall–Kier alpha value is -2.73. The van der Waals surface area contributed by atoms with Gasteiger partial charge in [0, 0.05) is 29.9 Å². The molecule has 2 aromatic heterocycles. The molecule has 6 heteroatoms. The molecular formula is C18H14FN3OS. The van der Waals surface area contributed by atoms with Crippen molar-refractivity contribution in [2.24, 2.45) is 0 Å². The van der Waals surface area contributed by atoms with Crippen molar-refractivity contribution in [3.8, 4) is 5.69 Å². The highest BCUT2D eigenvalue weighted by molar-refractivity contribution is 7.25. The lowest BCUT2D eigenvalue weighted by Gasteiger charge is -2.13. The molecule has 0 fully saturated rings. The first-order valence-corrected chi connectivity index (χ1v) is 8.24. The topological polar surface area (TPSA) is 38.1 Å². The molecule has 0 N–H and O–H groups in total. The average molecular weight is 339 g/mol. The molecule has 0 amide bonds. The van der Waals surface area contributed by atoms with Gasteiger partial charge in [0.1, 0.15) is 16.8 Å². The maximum atomic E-state index is 13.1. The summed E-state index contributed by atoms with van der Waals surface area (Å²) < 4.78 is 16.2. The normalized spacial score (nSPS) is 11.3. The minimum atomic E-state index is -0.335. The van der Waals surface area contributed by atoms with Crippen LogP contribution < -0.4 is 10.5 Å². The zero-order chi connectivity index (χ0) is 16.8. The highest BCUT2D eigenvalue weighted by Gasteiger charge is 2.15. The first kappa shape index (κ1) is 14.8. The van der Waals surface area contributed by atoms with Crippen LogP contribution in [0.3, 0.4) is 0 Å². The van der Waals surface area contributed by atoms with Crippen LogP contribution >= 0.6 is 11.3 Å². The van der Waals surface area contributed by atoms with Gasteiger partial charge in [-0.15, -0.1) is 11.3 Å². The Morgan fingerprint density at radius 3 is 2.58 bits per heavy atom. The molecule has 4 aromatic rings. The van der Waals surface area contributed by atoms with Crippen molar-refractivity contribution in [3.63, 3.8) is 0 Å². The van der Waals surface area contributed by atoms with Crippen molar-refractivity contribution < 1.29 is 4.39 Å². The molecule has 0 bridgehead atoms. The lowest BCUT2D eigenvalue weighted by Crippen LogP contribution is -2.17. The summed E-state index contributed by atoms with van der Waals surface area (Å²) in [5, 5.41) is 0.992. The number of hydrogen-bond donors (Lipinski definition) is 0. The summed E-state index contributed by atoms with van der Waals surface area (Å²) in [6.45, 7) is 0. The second kappa shape index (κ2) is 5.42. The molecule has 24 heavy (non-hydrogen) atoms. The van der Waals surface area contributed by atoms with Crippen molar-refractivity contribution >= 4 is 37.3 Å². The number of aromatic nitrogens is 2. The van der Waals surface area contributed by atoms with Gasteiger partial charge < -0.3 is 4.90 Å². The number of thiophene rings is 1. The van der Waals surface area contributed by atoms with Crippen LogP contribution in [0.2, 0.25) is 0 Å². The molecule has 4 nitrogen and oxygen atoms in total. The molecular weight excluding hydrogens is 325 g/mol. The summed E-state index contributed by atoms with van der Waals surface area (Å²) >= 11 is 1.44. The van der Waals surface area contributed by atoms with Crippen LogP contribution in [0.25, 0.3) is 26.0 Å². The number of benzene rings is 2. The summed E-state index contributed by atoms with van der Waals surface area (Å²) in [6, 6.07) is 11.8. The van der Waals surface area contributed by atoms with Gasteiger partial charge in [0.15, 0.2) is 0 Å². The molecule has 0 atom stereocenters. The average Bonchev–Trinajstić information content (AvgIpc) is 2.96. The van der Waals surface area contributed by atoms with Crippen LogP contribution in [0.15, 0.2) is 53.6 Å². The summed E-state index contributed by atoms with van der Waals surface area (Å²) in [6.07, 6.45) is 1.51. The third-order valence-electron chi connectivity index (χ3n) is 3.97. The molecule has 0 aliphatic heterocycles. The Kier molecular flexibility index (Phi) is 3.35. The standard InChI is InChI=1S/C18H14FN3OS/c1-21(2)13-4-3-5-14-15(13)16-17(24-14)18(23)22(10-20-16)12-8-6-11(19)7-9-12/h3-10H,1-2H3. The van der Waals surface area contributed by atoms with Crippen LogP contribution in [0.5, 0.6) is 0 Å². The van der Waals surface area contributed by atoms with Gasteiger partial charge in [0.05, 0.1) is 11.2 Å². The van der Waals surface area contributed by atoms with Crippen LogP contribution in [-0.4, -0.2) is 23.6 Å². The predicted octanol–water partition coefficient (Wildman–Crippen LogP) is 3.81. The quantitative estimate of drug-likeness (QED) is 0.557. The molecule has 0 aliphatic rings. The number of fused-ring (bicyclic) bond motifs is 3. The molecule has 2 heterocycles. The van der Waals surface area contributed by atoms with Crippen LogP contribution in [0.1, 0.15) is 0 Å². The van der Waals surface area contributed by atoms with Crippen molar-refractivity contribution in [2.45, 2.75) is 0 Å². The van der Waals surface area contributed by atoms with Crippen LogP contribution in [0, 0.1) is 5.82 Å². The van der Waals surface area contributed by atoms with E-state index in [2.05, 4.69) is 4.98 Å². The maximum absolute atomic E-state index is 13.1. The second-order valence-electron chi connectivity index (χ2n) is 5.72. The van der Waals surface area contributed by atoms with Crippen LogP contribution in [-0.2, 0) is 0 Å². The molecule has 4 rings (SSSR count). The highest BCUT2D eigenvalue weighted by atomic mass is 32.1. The number of rotatable bonds is 2. The van der Waals surface area contributed by atoms with E-state index in [0.717, 1.165) is 15.8 Å². The van der Waals surface area contributed by atoms with Gasteiger partial charge >= 0.3 is 0 Å². The summed E-state index contributed by atoms with van der Waals surface area (Å²) in [7, 11) is 3.94. The number of anilines is 1.